The van der Waals surface area contributed by atoms with Crippen LogP contribution in [0.3, 0.4) is 0 Å². The minimum absolute atomic E-state index is 0.0789. The topological polar surface area (TPSA) is 72.2 Å². The molecule has 7 nitrogen and oxygen atoms in total. The van der Waals surface area contributed by atoms with Crippen LogP contribution in [0.25, 0.3) is 11.0 Å². The first kappa shape index (κ1) is 16.7. The minimum Gasteiger partial charge on any atom is -0.454 e. The third-order valence-corrected chi connectivity index (χ3v) is 5.16. The summed E-state index contributed by atoms with van der Waals surface area (Å²) in [6.07, 6.45) is 0. The van der Waals surface area contributed by atoms with Gasteiger partial charge < -0.3 is 23.7 Å². The Morgan fingerprint density at radius 3 is 2.54 bits per heavy atom. The van der Waals surface area contributed by atoms with E-state index in [0.29, 0.717) is 31.8 Å². The molecule has 2 aliphatic heterocycles. The van der Waals surface area contributed by atoms with Crippen LogP contribution < -0.4 is 20.0 Å². The molecule has 3 heterocycles. The van der Waals surface area contributed by atoms with E-state index in [0.717, 1.165) is 22.6 Å². The van der Waals surface area contributed by atoms with Crippen LogP contribution >= 0.6 is 0 Å². The molecule has 3 aromatic rings. The Labute approximate surface area is 160 Å². The van der Waals surface area contributed by atoms with E-state index in [-0.39, 0.29) is 18.3 Å². The van der Waals surface area contributed by atoms with Gasteiger partial charge in [0.1, 0.15) is 11.1 Å². The largest absolute Gasteiger partial charge is 0.454 e. The molecular formula is C21H18N2O5. The lowest BCUT2D eigenvalue weighted by atomic mass is 10.1. The number of nitrogens with zero attached hydrogens (tertiary/aromatic N) is 2. The molecule has 142 valence electrons. The number of hydrogen-bond acceptors (Lipinski definition) is 6. The van der Waals surface area contributed by atoms with Gasteiger partial charge in [-0.2, -0.15) is 0 Å². The van der Waals surface area contributed by atoms with Crippen molar-refractivity contribution in [1.29, 1.82) is 0 Å². The van der Waals surface area contributed by atoms with E-state index in [9.17, 15) is 9.59 Å². The van der Waals surface area contributed by atoms with Crippen LogP contribution in [0, 0.1) is 0 Å². The van der Waals surface area contributed by atoms with Crippen LogP contribution in [0.2, 0.25) is 0 Å². The first-order chi connectivity index (χ1) is 13.7. The molecule has 0 radical (unpaired) electrons. The molecule has 7 heteroatoms. The zero-order valence-corrected chi connectivity index (χ0v) is 15.1. The monoisotopic (exact) mass is 378 g/mol. The van der Waals surface area contributed by atoms with Gasteiger partial charge in [-0.15, -0.1) is 0 Å². The van der Waals surface area contributed by atoms with Crippen molar-refractivity contribution < 1.29 is 18.7 Å². The second-order valence-electron chi connectivity index (χ2n) is 6.80. The molecule has 1 saturated heterocycles. The summed E-state index contributed by atoms with van der Waals surface area (Å²) in [4.78, 5) is 29.0. The maximum Gasteiger partial charge on any atom is 0.349 e. The summed E-state index contributed by atoms with van der Waals surface area (Å²) in [6, 6.07) is 14.6. The molecule has 1 amide bonds. The number of carbonyl (C=O) groups is 1. The zero-order valence-electron chi connectivity index (χ0n) is 15.1. The van der Waals surface area contributed by atoms with Gasteiger partial charge in [-0.1, -0.05) is 18.2 Å². The second kappa shape index (κ2) is 6.60. The fourth-order valence-electron chi connectivity index (χ4n) is 3.63. The van der Waals surface area contributed by atoms with Crippen LogP contribution in [0.5, 0.6) is 11.5 Å². The number of fused-ring (bicyclic) bond motifs is 2. The highest BCUT2D eigenvalue weighted by Gasteiger charge is 2.26. The maximum absolute atomic E-state index is 12.9. The van der Waals surface area contributed by atoms with E-state index >= 15 is 0 Å². The molecule has 0 unspecified atom stereocenters. The summed E-state index contributed by atoms with van der Waals surface area (Å²) >= 11 is 0. The molecule has 5 rings (SSSR count). The Hall–Kier alpha value is -3.48. The molecule has 1 fully saturated rings. The molecule has 0 bridgehead atoms. The third kappa shape index (κ3) is 2.85. The summed E-state index contributed by atoms with van der Waals surface area (Å²) in [5.41, 5.74) is 0.996. The van der Waals surface area contributed by atoms with Gasteiger partial charge in [0.05, 0.1) is 0 Å². The van der Waals surface area contributed by atoms with Crippen molar-refractivity contribution in [1.82, 2.24) is 4.90 Å². The van der Waals surface area contributed by atoms with E-state index in [1.807, 2.05) is 30.3 Å². The van der Waals surface area contributed by atoms with Crippen molar-refractivity contribution in [3.05, 3.63) is 64.5 Å². The first-order valence-corrected chi connectivity index (χ1v) is 9.16. The molecule has 28 heavy (non-hydrogen) atoms. The van der Waals surface area contributed by atoms with Crippen LogP contribution in [0.1, 0.15) is 10.4 Å². The van der Waals surface area contributed by atoms with E-state index in [1.54, 1.807) is 23.1 Å². The fraction of sp³-hybridized carbons (Fsp3) is 0.238. The van der Waals surface area contributed by atoms with Gasteiger partial charge in [0, 0.05) is 43.3 Å². The summed E-state index contributed by atoms with van der Waals surface area (Å²) < 4.78 is 16.1. The Morgan fingerprint density at radius 1 is 0.893 bits per heavy atom. The molecule has 0 atom stereocenters. The van der Waals surface area contributed by atoms with Crippen LogP contribution in [0.15, 0.2) is 57.7 Å². The Kier molecular flexibility index (Phi) is 3.93. The highest BCUT2D eigenvalue weighted by atomic mass is 16.7. The van der Waals surface area contributed by atoms with Gasteiger partial charge in [0.2, 0.25) is 6.79 Å². The summed E-state index contributed by atoms with van der Waals surface area (Å²) in [7, 11) is 0. The van der Waals surface area contributed by atoms with Gasteiger partial charge in [-0.3, -0.25) is 4.79 Å². The number of benzene rings is 2. The summed E-state index contributed by atoms with van der Waals surface area (Å²) in [5, 5.41) is 0.740. The van der Waals surface area contributed by atoms with Crippen LogP contribution in [-0.4, -0.2) is 43.8 Å². The lowest BCUT2D eigenvalue weighted by Gasteiger charge is -2.36. The Bertz CT molecular complexity index is 1120. The number of ether oxygens (including phenoxy) is 2. The van der Waals surface area contributed by atoms with Gasteiger partial charge in [-0.25, -0.2) is 4.79 Å². The van der Waals surface area contributed by atoms with Crippen LogP contribution in [-0.2, 0) is 0 Å². The number of piperazine rings is 1. The Morgan fingerprint density at radius 2 is 1.68 bits per heavy atom. The minimum atomic E-state index is -0.595. The molecule has 0 spiro atoms. The van der Waals surface area contributed by atoms with Gasteiger partial charge in [0.15, 0.2) is 11.5 Å². The van der Waals surface area contributed by atoms with Crippen molar-refractivity contribution >= 4 is 22.6 Å². The molecule has 2 aliphatic rings. The molecular weight excluding hydrogens is 360 g/mol. The van der Waals surface area contributed by atoms with E-state index in [2.05, 4.69) is 4.90 Å². The van der Waals surface area contributed by atoms with Gasteiger partial charge in [0.25, 0.3) is 5.91 Å². The maximum atomic E-state index is 12.9. The Balaban J connectivity index is 1.32. The average molecular weight is 378 g/mol. The molecule has 1 aromatic heterocycles. The van der Waals surface area contributed by atoms with Crippen molar-refractivity contribution in [3.8, 4) is 11.5 Å². The average Bonchev–Trinajstić information content (AvgIpc) is 3.21. The van der Waals surface area contributed by atoms with E-state index < -0.39 is 5.63 Å². The van der Waals surface area contributed by atoms with Crippen molar-refractivity contribution in [3.63, 3.8) is 0 Å². The first-order valence-electron chi connectivity index (χ1n) is 9.16. The number of carbonyl (C=O) groups excluding carboxylic acids is 1. The number of amides is 1. The van der Waals surface area contributed by atoms with Crippen molar-refractivity contribution in [2.45, 2.75) is 0 Å². The molecule has 0 N–H and O–H groups in total. The fourth-order valence-corrected chi connectivity index (χ4v) is 3.63. The third-order valence-electron chi connectivity index (χ3n) is 5.16. The SMILES string of the molecule is O=C(c1cc2ccccc2oc1=O)N1CCN(c2ccc3c(c2)OCO3)CC1. The molecule has 0 aliphatic carbocycles. The normalized spacial score (nSPS) is 15.9. The second-order valence-corrected chi connectivity index (χ2v) is 6.80. The lowest BCUT2D eigenvalue weighted by molar-refractivity contribution is 0.0742. The predicted octanol–water partition coefficient (Wildman–Crippen LogP) is 2.48. The highest BCUT2D eigenvalue weighted by molar-refractivity contribution is 5.96. The van der Waals surface area contributed by atoms with Crippen molar-refractivity contribution in [2.24, 2.45) is 0 Å². The zero-order chi connectivity index (χ0) is 19.1. The predicted molar refractivity (Wildman–Crippen MR) is 103 cm³/mol. The van der Waals surface area contributed by atoms with E-state index in [1.165, 1.54) is 0 Å². The summed E-state index contributed by atoms with van der Waals surface area (Å²) in [5.74, 6) is 1.20. The highest BCUT2D eigenvalue weighted by Crippen LogP contribution is 2.35. The smallest absolute Gasteiger partial charge is 0.349 e. The molecule has 0 saturated carbocycles. The van der Waals surface area contributed by atoms with Crippen LogP contribution in [0.4, 0.5) is 5.69 Å². The van der Waals surface area contributed by atoms with Gasteiger partial charge >= 0.3 is 5.63 Å². The standard InChI is InChI=1S/C21H18N2O5/c24-20(16-11-14-3-1-2-4-17(14)28-21(16)25)23-9-7-22(8-10-23)15-5-6-18-19(12-15)27-13-26-18/h1-6,11-12H,7-10,13H2. The van der Waals surface area contributed by atoms with Crippen molar-refractivity contribution in [2.75, 3.05) is 37.9 Å². The number of anilines is 1. The van der Waals surface area contributed by atoms with Gasteiger partial charge in [-0.05, 0) is 24.3 Å². The number of hydrogen-bond donors (Lipinski definition) is 0. The number of para-hydroxylation sites is 1. The number of rotatable bonds is 2. The van der Waals surface area contributed by atoms with E-state index in [4.69, 9.17) is 13.9 Å². The molecule has 2 aromatic carbocycles. The quantitative estimate of drug-likeness (QED) is 0.638. The summed E-state index contributed by atoms with van der Waals surface area (Å²) in [6.45, 7) is 2.64. The lowest BCUT2D eigenvalue weighted by Crippen LogP contribution is -2.49.